The number of carbonyl (C=O) groups is 1. The maximum atomic E-state index is 11.3. The van der Waals surface area contributed by atoms with Crippen molar-refractivity contribution in [3.63, 3.8) is 0 Å². The first-order chi connectivity index (χ1) is 9.69. The van der Waals surface area contributed by atoms with Gasteiger partial charge in [-0.2, -0.15) is 0 Å². The zero-order valence-corrected chi connectivity index (χ0v) is 11.7. The highest BCUT2D eigenvalue weighted by molar-refractivity contribution is 5.75. The Balaban J connectivity index is 1.90. The second-order valence-corrected chi connectivity index (χ2v) is 4.99. The van der Waals surface area contributed by atoms with E-state index in [2.05, 4.69) is 16.9 Å². The summed E-state index contributed by atoms with van der Waals surface area (Å²) in [7, 11) is 1.34. The van der Waals surface area contributed by atoms with Gasteiger partial charge in [-0.15, -0.1) is 0 Å². The van der Waals surface area contributed by atoms with Crippen LogP contribution in [0.15, 0.2) is 36.4 Å². The normalized spacial score (nSPS) is 19.4. The lowest BCUT2D eigenvalue weighted by Gasteiger charge is -2.18. The smallest absolute Gasteiger partial charge is 0.322 e. The van der Waals surface area contributed by atoms with Crippen LogP contribution in [0, 0.1) is 0 Å². The summed E-state index contributed by atoms with van der Waals surface area (Å²) in [4.78, 5) is 11.3. The van der Waals surface area contributed by atoms with Crippen LogP contribution in [0.3, 0.4) is 0 Å². The van der Waals surface area contributed by atoms with Crippen molar-refractivity contribution in [1.82, 2.24) is 0 Å². The third kappa shape index (κ3) is 4.10. The highest BCUT2D eigenvalue weighted by atomic mass is 16.5. The number of carbonyl (C=O) groups excluding carboxylic acids is 1. The van der Waals surface area contributed by atoms with Crippen LogP contribution in [-0.2, 0) is 16.0 Å². The molecule has 0 amide bonds. The number of hydrogen-bond acceptors (Lipinski definition) is 4. The van der Waals surface area contributed by atoms with Gasteiger partial charge in [0.2, 0.25) is 0 Å². The van der Waals surface area contributed by atoms with Gasteiger partial charge in [0.05, 0.1) is 7.11 Å². The van der Waals surface area contributed by atoms with E-state index in [1.54, 1.807) is 0 Å². The Bertz CT molecular complexity index is 467. The van der Waals surface area contributed by atoms with Crippen LogP contribution in [0.5, 0.6) is 5.75 Å². The maximum absolute atomic E-state index is 11.3. The van der Waals surface area contributed by atoms with Gasteiger partial charge in [0.1, 0.15) is 17.9 Å². The molecule has 0 aromatic heterocycles. The minimum Gasteiger partial charge on any atom is -0.486 e. The molecule has 1 aromatic rings. The number of methoxy groups -OCH3 is 1. The van der Waals surface area contributed by atoms with Gasteiger partial charge < -0.3 is 15.2 Å². The topological polar surface area (TPSA) is 61.5 Å². The average molecular weight is 275 g/mol. The Kier molecular flexibility index (Phi) is 5.18. The van der Waals surface area contributed by atoms with Gasteiger partial charge in [0.15, 0.2) is 0 Å². The third-order valence-corrected chi connectivity index (χ3v) is 3.38. The minimum absolute atomic E-state index is 0.173. The highest BCUT2D eigenvalue weighted by Gasteiger charge is 2.14. The molecule has 1 aliphatic rings. The van der Waals surface area contributed by atoms with E-state index in [0.717, 1.165) is 24.2 Å². The summed E-state index contributed by atoms with van der Waals surface area (Å²) in [5.41, 5.74) is 6.73. The zero-order valence-electron chi connectivity index (χ0n) is 11.7. The molecule has 0 bridgehead atoms. The highest BCUT2D eigenvalue weighted by Crippen LogP contribution is 2.19. The van der Waals surface area contributed by atoms with E-state index in [0.29, 0.717) is 6.42 Å². The maximum Gasteiger partial charge on any atom is 0.322 e. The van der Waals surface area contributed by atoms with E-state index in [4.69, 9.17) is 10.5 Å². The molecule has 2 N–H and O–H groups in total. The number of allylic oxidation sites excluding steroid dienone is 1. The van der Waals surface area contributed by atoms with Gasteiger partial charge in [0.25, 0.3) is 0 Å². The third-order valence-electron chi connectivity index (χ3n) is 3.38. The number of nitrogens with two attached hydrogens (primary N) is 1. The van der Waals surface area contributed by atoms with E-state index in [-0.39, 0.29) is 6.10 Å². The number of rotatable bonds is 5. The van der Waals surface area contributed by atoms with E-state index in [9.17, 15) is 4.79 Å². The summed E-state index contributed by atoms with van der Waals surface area (Å²) in [6.07, 6.45) is 8.30. The Morgan fingerprint density at radius 3 is 2.75 bits per heavy atom. The molecule has 20 heavy (non-hydrogen) atoms. The Hall–Kier alpha value is -1.81. The molecule has 0 saturated carbocycles. The molecule has 2 rings (SSSR count). The number of hydrogen-bond donors (Lipinski definition) is 1. The predicted octanol–water partition coefficient (Wildman–Crippen LogP) is 2.22. The molecular weight excluding hydrogens is 254 g/mol. The average Bonchev–Trinajstić information content (AvgIpc) is 2.49. The van der Waals surface area contributed by atoms with Gasteiger partial charge in [-0.25, -0.2) is 0 Å². The van der Waals surface area contributed by atoms with Gasteiger partial charge in [-0.05, 0) is 49.5 Å². The van der Waals surface area contributed by atoms with Crippen molar-refractivity contribution in [1.29, 1.82) is 0 Å². The first-order valence-corrected chi connectivity index (χ1v) is 6.94. The molecule has 4 heteroatoms. The lowest BCUT2D eigenvalue weighted by atomic mass is 10.0. The largest absolute Gasteiger partial charge is 0.486 e. The number of ether oxygens (including phenoxy) is 2. The SMILES string of the molecule is COC(=O)C(N)Cc1ccc(OC2C=CCCC2)cc1. The van der Waals surface area contributed by atoms with Crippen LogP contribution in [0.4, 0.5) is 0 Å². The molecule has 0 saturated heterocycles. The molecule has 0 fully saturated rings. The van der Waals surface area contributed by atoms with Crippen LogP contribution < -0.4 is 10.5 Å². The molecule has 0 heterocycles. The zero-order chi connectivity index (χ0) is 14.4. The summed E-state index contributed by atoms with van der Waals surface area (Å²) in [6.45, 7) is 0. The Morgan fingerprint density at radius 2 is 2.15 bits per heavy atom. The van der Waals surface area contributed by atoms with E-state index in [1.807, 2.05) is 24.3 Å². The van der Waals surface area contributed by atoms with Crippen molar-refractivity contribution in [2.75, 3.05) is 7.11 Å². The molecule has 0 spiro atoms. The minimum atomic E-state index is -0.618. The van der Waals surface area contributed by atoms with Crippen LogP contribution in [0.2, 0.25) is 0 Å². The van der Waals surface area contributed by atoms with Crippen LogP contribution in [-0.4, -0.2) is 25.2 Å². The quantitative estimate of drug-likeness (QED) is 0.661. The van der Waals surface area contributed by atoms with Crippen molar-refractivity contribution >= 4 is 5.97 Å². The van der Waals surface area contributed by atoms with Crippen LogP contribution in [0.25, 0.3) is 0 Å². The monoisotopic (exact) mass is 275 g/mol. The van der Waals surface area contributed by atoms with E-state index < -0.39 is 12.0 Å². The molecule has 2 atom stereocenters. The van der Waals surface area contributed by atoms with Gasteiger partial charge in [-0.3, -0.25) is 4.79 Å². The first kappa shape index (κ1) is 14.6. The summed E-state index contributed by atoms with van der Waals surface area (Å²) in [6, 6.07) is 7.09. The van der Waals surface area contributed by atoms with Crippen LogP contribution in [0.1, 0.15) is 24.8 Å². The molecule has 0 radical (unpaired) electrons. The number of esters is 1. The summed E-state index contributed by atoms with van der Waals surface area (Å²) >= 11 is 0. The van der Waals surface area contributed by atoms with Crippen molar-refractivity contribution in [2.24, 2.45) is 5.73 Å². The van der Waals surface area contributed by atoms with Gasteiger partial charge in [0, 0.05) is 0 Å². The standard InChI is InChI=1S/C16H21NO3/c1-19-16(18)15(17)11-12-7-9-14(10-8-12)20-13-5-3-2-4-6-13/h3,5,7-10,13,15H,2,4,6,11,17H2,1H3. The lowest BCUT2D eigenvalue weighted by Crippen LogP contribution is -2.33. The molecule has 2 unspecified atom stereocenters. The summed E-state index contributed by atoms with van der Waals surface area (Å²) in [5, 5.41) is 0. The Labute approximate surface area is 119 Å². The second kappa shape index (κ2) is 7.10. The fraction of sp³-hybridized carbons (Fsp3) is 0.438. The Morgan fingerprint density at radius 1 is 1.40 bits per heavy atom. The molecule has 1 aromatic carbocycles. The first-order valence-electron chi connectivity index (χ1n) is 6.94. The predicted molar refractivity (Wildman–Crippen MR) is 77.5 cm³/mol. The van der Waals surface area contributed by atoms with Crippen molar-refractivity contribution in [2.45, 2.75) is 37.8 Å². The number of benzene rings is 1. The lowest BCUT2D eigenvalue weighted by molar-refractivity contribution is -0.142. The van der Waals surface area contributed by atoms with Crippen molar-refractivity contribution in [3.8, 4) is 5.75 Å². The molecule has 108 valence electrons. The van der Waals surface area contributed by atoms with Crippen molar-refractivity contribution in [3.05, 3.63) is 42.0 Å². The summed E-state index contributed by atoms with van der Waals surface area (Å²) in [5.74, 6) is 0.453. The molecule has 4 nitrogen and oxygen atoms in total. The fourth-order valence-corrected chi connectivity index (χ4v) is 2.25. The van der Waals surface area contributed by atoms with Crippen molar-refractivity contribution < 1.29 is 14.3 Å². The van der Waals surface area contributed by atoms with E-state index in [1.165, 1.54) is 13.5 Å². The molecule has 0 aliphatic heterocycles. The van der Waals surface area contributed by atoms with Gasteiger partial charge >= 0.3 is 5.97 Å². The van der Waals surface area contributed by atoms with Gasteiger partial charge in [-0.1, -0.05) is 18.2 Å². The molecule has 1 aliphatic carbocycles. The second-order valence-electron chi connectivity index (χ2n) is 4.99. The fourth-order valence-electron chi connectivity index (χ4n) is 2.25. The molecular formula is C16H21NO3. The van der Waals surface area contributed by atoms with Crippen LogP contribution >= 0.6 is 0 Å². The van der Waals surface area contributed by atoms with E-state index >= 15 is 0 Å². The summed E-state index contributed by atoms with van der Waals surface area (Å²) < 4.78 is 10.5.